The van der Waals surface area contributed by atoms with E-state index in [1.165, 1.54) is 11.3 Å². The van der Waals surface area contributed by atoms with Crippen molar-refractivity contribution in [1.29, 1.82) is 0 Å². The maximum atomic E-state index is 14.4. The molecule has 0 bridgehead atoms. The van der Waals surface area contributed by atoms with E-state index in [4.69, 9.17) is 93.0 Å². The molecule has 5 atom stereocenters. The number of ether oxygens (including phenoxy) is 4. The van der Waals surface area contributed by atoms with E-state index in [2.05, 4.69) is 4.98 Å². The second-order valence-electron chi connectivity index (χ2n) is 15.2. The molecule has 0 aromatic carbocycles. The number of hydrogen-bond donors (Lipinski definition) is 2. The van der Waals surface area contributed by atoms with Crippen LogP contribution in [0.3, 0.4) is 0 Å². The average Bonchev–Trinajstić information content (AvgIpc) is 3.60. The van der Waals surface area contributed by atoms with E-state index in [1.54, 1.807) is 39.2 Å². The summed E-state index contributed by atoms with van der Waals surface area (Å²) in [6, 6.07) is 2.31. The molecular weight excluding hydrogens is 931 g/mol. The first kappa shape index (κ1) is 55.7. The van der Waals surface area contributed by atoms with E-state index in [0.717, 1.165) is 23.7 Å². The van der Waals surface area contributed by atoms with E-state index >= 15 is 0 Å². The molecule has 338 valence electrons. The fourth-order valence-electron chi connectivity index (χ4n) is 6.35. The van der Waals surface area contributed by atoms with Crippen molar-refractivity contribution in [2.75, 3.05) is 13.2 Å². The number of halogens is 6. The first-order valence-corrected chi connectivity index (χ1v) is 25.0. The van der Waals surface area contributed by atoms with Gasteiger partial charge in [0.15, 0.2) is 8.32 Å². The minimum atomic E-state index is -2.33. The number of carbonyl (C=O) groups is 4. The molecule has 20 heteroatoms. The van der Waals surface area contributed by atoms with Gasteiger partial charge in [0.1, 0.15) is 36.7 Å². The molecule has 0 aliphatic heterocycles. The fourth-order valence-corrected chi connectivity index (χ4v) is 10.3. The number of aliphatic hydroxyl groups is 1. The fraction of sp³-hybridized carbons (Fsp3) is 0.718. The van der Waals surface area contributed by atoms with Gasteiger partial charge in [-0.25, -0.2) is 14.6 Å². The summed E-state index contributed by atoms with van der Waals surface area (Å²) in [7, 11) is -2.33. The monoisotopic (exact) mass is 987 g/mol. The summed E-state index contributed by atoms with van der Waals surface area (Å²) >= 11 is 35.3. The molecule has 0 saturated heterocycles. The molecule has 1 aromatic heterocycles. The zero-order chi connectivity index (χ0) is 45.4. The van der Waals surface area contributed by atoms with Gasteiger partial charge in [-0.15, -0.1) is 11.3 Å². The molecule has 0 aliphatic carbocycles. The second-order valence-corrected chi connectivity index (χ2v) is 25.9. The lowest BCUT2D eigenvalue weighted by Crippen LogP contribution is -2.51. The molecule has 1 unspecified atom stereocenters. The van der Waals surface area contributed by atoms with Gasteiger partial charge in [0.25, 0.3) is 0 Å². The third kappa shape index (κ3) is 21.1. The molecule has 2 N–H and O–H groups in total. The van der Waals surface area contributed by atoms with Crippen molar-refractivity contribution in [2.24, 2.45) is 17.3 Å². The molecule has 0 amide bonds. The Kier molecular flexibility index (Phi) is 24.3. The van der Waals surface area contributed by atoms with Crippen LogP contribution < -0.4 is 0 Å². The molecule has 12 nitrogen and oxygen atoms in total. The van der Waals surface area contributed by atoms with Crippen molar-refractivity contribution in [2.45, 2.75) is 145 Å². The highest BCUT2D eigenvalue weighted by atomic mass is 35.6. The summed E-state index contributed by atoms with van der Waals surface area (Å²) in [5, 5.41) is 23.0. The lowest BCUT2D eigenvalue weighted by atomic mass is 9.73. The number of aliphatic hydroxyl groups excluding tert-OH is 1. The molecule has 1 heterocycles. The van der Waals surface area contributed by atoms with Crippen LogP contribution in [-0.2, 0) is 39.6 Å². The van der Waals surface area contributed by atoms with E-state index in [1.807, 2.05) is 40.7 Å². The molecule has 0 fully saturated rings. The lowest BCUT2D eigenvalue weighted by Gasteiger charge is -2.42. The highest BCUT2D eigenvalue weighted by Gasteiger charge is 2.47. The predicted molar refractivity (Wildman–Crippen MR) is 238 cm³/mol. The smallest absolute Gasteiger partial charge is 0.481 e. The normalized spacial score (nSPS) is 15.8. The Bertz CT molecular complexity index is 1570. The van der Waals surface area contributed by atoms with Gasteiger partial charge in [-0.2, -0.15) is 0 Å². The topological polar surface area (TPSA) is 168 Å². The summed E-state index contributed by atoms with van der Waals surface area (Å²) in [4.78, 5) is 55.4. The van der Waals surface area contributed by atoms with Crippen molar-refractivity contribution in [3.8, 4) is 0 Å². The van der Waals surface area contributed by atoms with Crippen molar-refractivity contribution in [3.63, 3.8) is 0 Å². The maximum Gasteiger partial charge on any atom is 0.508 e. The number of alkyl halides is 6. The van der Waals surface area contributed by atoms with Crippen LogP contribution in [0.4, 0.5) is 9.59 Å². The van der Waals surface area contributed by atoms with Gasteiger partial charge in [0, 0.05) is 10.8 Å². The summed E-state index contributed by atoms with van der Waals surface area (Å²) < 4.78 is 23.6. The number of nitrogens with zero attached hydrogens (tertiary/aromatic N) is 1. The van der Waals surface area contributed by atoms with E-state index < -0.39 is 77.0 Å². The number of thiazole rings is 1. The maximum absolute atomic E-state index is 14.4. The van der Waals surface area contributed by atoms with Crippen LogP contribution in [0.5, 0.6) is 0 Å². The van der Waals surface area contributed by atoms with Gasteiger partial charge < -0.3 is 33.6 Å². The Labute approximate surface area is 383 Å². The molecule has 0 spiro atoms. The number of allylic oxidation sites excluding steroid dienone is 1. The highest BCUT2D eigenvalue weighted by molar-refractivity contribution is 7.09. The lowest BCUT2D eigenvalue weighted by molar-refractivity contribution is -0.147. The standard InChI is InChI=1S/C39H59Cl6NO11SSi/c1-10-59(11-2,12-3)57-30(19-32(48)49)37(8,9)34(50)27(7)33(56-36(52)55-23-39(43,44)45)25(5)15-13-14-24(4)16-17-29(47)26(6)18-28-21-58-31(46-28)20-53-35(51)54-22-38(40,41)42/h16,18,21,25,27,29-30,33,47H,10-15,17,19-20,22-23H2,1-9H3,(H,48,49)/b24-16-,26-18+/t25-,27+,29?,30-,33-/m0/s1. The SMILES string of the molecule is CC[Si](CC)(CC)O[C@@H](CC(=O)O)C(C)(C)C(=O)[C@H](C)[C@@H](OC(=O)OCC(Cl)(Cl)Cl)[C@@H](C)CCC/C(C)=C\CC(O)/C(C)=C/c1csc(COC(=O)OCC(Cl)(Cl)Cl)n1. The van der Waals surface area contributed by atoms with Crippen LogP contribution >= 0.6 is 80.9 Å². The second kappa shape index (κ2) is 25.7. The number of carboxylic acids is 1. The minimum absolute atomic E-state index is 0.137. The molecule has 0 radical (unpaired) electrons. The molecule has 1 rings (SSSR count). The minimum Gasteiger partial charge on any atom is -0.481 e. The average molecular weight is 991 g/mol. The Morgan fingerprint density at radius 2 is 1.47 bits per heavy atom. The van der Waals surface area contributed by atoms with E-state index in [9.17, 15) is 29.4 Å². The summed E-state index contributed by atoms with van der Waals surface area (Å²) in [6.45, 7) is 15.6. The van der Waals surface area contributed by atoms with Gasteiger partial charge in [-0.1, -0.05) is 130 Å². The first-order valence-electron chi connectivity index (χ1n) is 19.4. The van der Waals surface area contributed by atoms with Gasteiger partial charge >= 0.3 is 18.3 Å². The molecule has 0 aliphatic rings. The summed E-state index contributed by atoms with van der Waals surface area (Å²) in [5.74, 6) is -2.61. The zero-order valence-electron chi connectivity index (χ0n) is 35.1. The Hall–Kier alpha value is -1.33. The Morgan fingerprint density at radius 3 is 2.00 bits per heavy atom. The number of carboxylic acid groups (broad SMARTS) is 1. The van der Waals surface area contributed by atoms with Crippen LogP contribution in [0.1, 0.15) is 105 Å². The van der Waals surface area contributed by atoms with Gasteiger partial charge in [0.2, 0.25) is 7.59 Å². The molecule has 1 aromatic rings. The molecule has 0 saturated carbocycles. The quantitative estimate of drug-likeness (QED) is 0.0412. The van der Waals surface area contributed by atoms with Crippen molar-refractivity contribution in [3.05, 3.63) is 33.3 Å². The number of Topliss-reactive ketones (excluding diaryl/α,β-unsaturated/α-hetero) is 1. The Morgan fingerprint density at radius 1 is 0.915 bits per heavy atom. The van der Waals surface area contributed by atoms with Gasteiger partial charge in [-0.05, 0) is 75.2 Å². The van der Waals surface area contributed by atoms with Gasteiger partial charge in [-0.3, -0.25) is 9.59 Å². The largest absolute Gasteiger partial charge is 0.508 e. The number of carbonyl (C=O) groups excluding carboxylic acids is 3. The molecular formula is C39H59Cl6NO11SSi. The van der Waals surface area contributed by atoms with Crippen LogP contribution in [-0.4, -0.2) is 86.7 Å². The number of rotatable bonds is 25. The van der Waals surface area contributed by atoms with Crippen molar-refractivity contribution >= 4 is 119 Å². The number of aliphatic carboxylic acids is 1. The van der Waals surface area contributed by atoms with Crippen LogP contribution in [0.2, 0.25) is 18.1 Å². The Balaban J connectivity index is 3.04. The van der Waals surface area contributed by atoms with Gasteiger partial charge in [0.05, 0.1) is 30.2 Å². The first-order chi connectivity index (χ1) is 27.2. The number of aromatic nitrogens is 1. The number of ketones is 1. The summed E-state index contributed by atoms with van der Waals surface area (Å²) in [5.41, 5.74) is 1.04. The third-order valence-electron chi connectivity index (χ3n) is 10.2. The predicted octanol–water partition coefficient (Wildman–Crippen LogP) is 12.1. The van der Waals surface area contributed by atoms with Crippen LogP contribution in [0.25, 0.3) is 6.08 Å². The highest BCUT2D eigenvalue weighted by Crippen LogP contribution is 2.38. The summed E-state index contributed by atoms with van der Waals surface area (Å²) in [6.07, 6.45) is 0.786. The zero-order valence-corrected chi connectivity index (χ0v) is 41.4. The van der Waals surface area contributed by atoms with E-state index in [-0.39, 0.29) is 24.7 Å². The number of hydrogen-bond acceptors (Lipinski definition) is 12. The molecule has 59 heavy (non-hydrogen) atoms. The van der Waals surface area contributed by atoms with E-state index in [0.29, 0.717) is 42.0 Å². The van der Waals surface area contributed by atoms with Crippen LogP contribution in [0.15, 0.2) is 22.6 Å². The van der Waals surface area contributed by atoms with Crippen molar-refractivity contribution in [1.82, 2.24) is 4.98 Å². The van der Waals surface area contributed by atoms with Crippen LogP contribution in [0, 0.1) is 17.3 Å². The van der Waals surface area contributed by atoms with Crippen molar-refractivity contribution < 1.29 is 52.8 Å². The third-order valence-corrected chi connectivity index (χ3v) is 16.4.